The second-order valence-corrected chi connectivity index (χ2v) is 6.38. The number of ether oxygens (including phenoxy) is 1. The molecule has 1 amide bonds. The number of rotatable bonds is 6. The quantitative estimate of drug-likeness (QED) is 0.798. The van der Waals surface area contributed by atoms with E-state index in [1.165, 1.54) is 0 Å². The number of hydrogen-bond acceptors (Lipinski definition) is 6. The largest absolute Gasteiger partial charge is 0.497 e. The number of carbonyl (C=O) groups is 1. The Balaban J connectivity index is 0.00000243. The minimum absolute atomic E-state index is 0. The normalized spacial score (nSPS) is 19.5. The number of benzene rings is 1. The summed E-state index contributed by atoms with van der Waals surface area (Å²) in [5, 5.41) is 10.4. The maximum absolute atomic E-state index is 12.1. The molecule has 2 atom stereocenters. The summed E-state index contributed by atoms with van der Waals surface area (Å²) < 4.78 is 10.4. The molecule has 7 nitrogen and oxygen atoms in total. The summed E-state index contributed by atoms with van der Waals surface area (Å²) in [4.78, 5) is 16.5. The fraction of sp³-hybridized carbons (Fsp3) is 0.500. The first-order valence-electron chi connectivity index (χ1n) is 8.63. The lowest BCUT2D eigenvalue weighted by molar-refractivity contribution is -0.122. The maximum Gasteiger partial charge on any atom is 0.227 e. The van der Waals surface area contributed by atoms with Crippen molar-refractivity contribution >= 4 is 18.3 Å². The van der Waals surface area contributed by atoms with E-state index in [-0.39, 0.29) is 24.4 Å². The Bertz CT molecular complexity index is 705. The van der Waals surface area contributed by atoms with Crippen LogP contribution in [0, 0.1) is 5.92 Å². The van der Waals surface area contributed by atoms with E-state index in [0.717, 1.165) is 30.8 Å². The minimum Gasteiger partial charge on any atom is -0.497 e. The van der Waals surface area contributed by atoms with E-state index in [1.807, 2.05) is 24.3 Å². The van der Waals surface area contributed by atoms with Gasteiger partial charge in [0.15, 0.2) is 0 Å². The molecule has 8 heteroatoms. The van der Waals surface area contributed by atoms with Crippen molar-refractivity contribution in [2.45, 2.75) is 32.2 Å². The van der Waals surface area contributed by atoms with Gasteiger partial charge in [-0.15, -0.1) is 12.4 Å². The fourth-order valence-corrected chi connectivity index (χ4v) is 2.90. The molecule has 26 heavy (non-hydrogen) atoms. The molecule has 1 aromatic carbocycles. The van der Waals surface area contributed by atoms with Crippen LogP contribution in [0.1, 0.15) is 25.7 Å². The van der Waals surface area contributed by atoms with Gasteiger partial charge in [0.05, 0.1) is 7.11 Å². The number of methoxy groups -OCH3 is 1. The van der Waals surface area contributed by atoms with Crippen molar-refractivity contribution in [1.82, 2.24) is 20.8 Å². The molecular formula is C18H25ClN4O3. The lowest BCUT2D eigenvalue weighted by Crippen LogP contribution is -2.50. The van der Waals surface area contributed by atoms with Crippen molar-refractivity contribution in [3.8, 4) is 17.1 Å². The van der Waals surface area contributed by atoms with E-state index in [2.05, 4.69) is 27.7 Å². The first-order chi connectivity index (χ1) is 12.2. The number of nitrogens with one attached hydrogen (secondary N) is 2. The Hall–Kier alpha value is -2.12. The number of carbonyl (C=O) groups excluding carboxylic acids is 1. The van der Waals surface area contributed by atoms with Crippen molar-refractivity contribution in [2.24, 2.45) is 5.92 Å². The SMILES string of the molecule is COc1ccc(-c2noc(CCC(=O)NC3CNCCC3C)n2)cc1.Cl. The summed E-state index contributed by atoms with van der Waals surface area (Å²) in [5.74, 6) is 2.27. The van der Waals surface area contributed by atoms with Gasteiger partial charge in [0.1, 0.15) is 5.75 Å². The van der Waals surface area contributed by atoms with Crippen molar-refractivity contribution in [2.75, 3.05) is 20.2 Å². The van der Waals surface area contributed by atoms with Gasteiger partial charge in [-0.3, -0.25) is 4.79 Å². The number of aromatic nitrogens is 2. The topological polar surface area (TPSA) is 89.3 Å². The summed E-state index contributed by atoms with van der Waals surface area (Å²) in [6.07, 6.45) is 1.86. The summed E-state index contributed by atoms with van der Waals surface area (Å²) in [6, 6.07) is 7.63. The van der Waals surface area contributed by atoms with Crippen molar-refractivity contribution in [3.63, 3.8) is 0 Å². The highest BCUT2D eigenvalue weighted by Gasteiger charge is 2.22. The number of hydrogen-bond donors (Lipinski definition) is 2. The zero-order chi connectivity index (χ0) is 17.6. The highest BCUT2D eigenvalue weighted by Crippen LogP contribution is 2.20. The molecule has 1 aliphatic heterocycles. The van der Waals surface area contributed by atoms with Crippen LogP contribution in [0.2, 0.25) is 0 Å². The Morgan fingerprint density at radius 2 is 2.15 bits per heavy atom. The van der Waals surface area contributed by atoms with Crippen LogP contribution >= 0.6 is 12.4 Å². The molecule has 0 aliphatic carbocycles. The summed E-state index contributed by atoms with van der Waals surface area (Å²) in [6.45, 7) is 4.02. The van der Waals surface area contributed by atoms with Crippen LogP contribution in [-0.4, -0.2) is 42.3 Å². The van der Waals surface area contributed by atoms with E-state index < -0.39 is 0 Å². The lowest BCUT2D eigenvalue weighted by Gasteiger charge is -2.30. The second-order valence-electron chi connectivity index (χ2n) is 6.38. The van der Waals surface area contributed by atoms with Gasteiger partial charge in [-0.2, -0.15) is 4.98 Å². The van der Waals surface area contributed by atoms with Crippen LogP contribution in [0.4, 0.5) is 0 Å². The minimum atomic E-state index is 0. The third-order valence-corrected chi connectivity index (χ3v) is 4.56. The Kier molecular flexibility index (Phi) is 7.41. The van der Waals surface area contributed by atoms with E-state index in [0.29, 0.717) is 30.5 Å². The van der Waals surface area contributed by atoms with Crippen LogP contribution in [0.15, 0.2) is 28.8 Å². The highest BCUT2D eigenvalue weighted by atomic mass is 35.5. The highest BCUT2D eigenvalue weighted by molar-refractivity contribution is 5.85. The number of halogens is 1. The van der Waals surface area contributed by atoms with Crippen LogP contribution in [0.5, 0.6) is 5.75 Å². The molecule has 2 heterocycles. The molecule has 0 spiro atoms. The molecule has 1 saturated heterocycles. The van der Waals surface area contributed by atoms with Gasteiger partial charge in [0, 0.05) is 31.0 Å². The average Bonchev–Trinajstić information content (AvgIpc) is 3.11. The Morgan fingerprint density at radius 1 is 1.38 bits per heavy atom. The molecule has 2 N–H and O–H groups in total. The molecule has 0 radical (unpaired) electrons. The standard InChI is InChI=1S/C18H24N4O3.ClH/c1-12-9-10-19-11-15(12)20-16(23)7-8-17-21-18(22-25-17)13-3-5-14(24-2)6-4-13;/h3-6,12,15,19H,7-11H2,1-2H3,(H,20,23);1H. The third-order valence-electron chi connectivity index (χ3n) is 4.56. The number of nitrogens with zero attached hydrogens (tertiary/aromatic N) is 2. The van der Waals surface area contributed by atoms with Crippen LogP contribution < -0.4 is 15.4 Å². The van der Waals surface area contributed by atoms with Crippen LogP contribution in [0.25, 0.3) is 11.4 Å². The maximum atomic E-state index is 12.1. The first-order valence-corrected chi connectivity index (χ1v) is 8.63. The number of aryl methyl sites for hydroxylation is 1. The molecular weight excluding hydrogens is 356 g/mol. The van der Waals surface area contributed by atoms with Crippen molar-refractivity contribution < 1.29 is 14.1 Å². The molecule has 3 rings (SSSR count). The molecule has 1 fully saturated rings. The van der Waals surface area contributed by atoms with E-state index >= 15 is 0 Å². The first kappa shape index (κ1) is 20.2. The van der Waals surface area contributed by atoms with Gasteiger partial charge >= 0.3 is 0 Å². The van der Waals surface area contributed by atoms with E-state index in [1.54, 1.807) is 7.11 Å². The number of amides is 1. The molecule has 1 aliphatic rings. The van der Waals surface area contributed by atoms with Crippen molar-refractivity contribution in [1.29, 1.82) is 0 Å². The zero-order valence-electron chi connectivity index (χ0n) is 15.0. The Labute approximate surface area is 159 Å². The van der Waals surface area contributed by atoms with E-state index in [9.17, 15) is 4.79 Å². The molecule has 0 bridgehead atoms. The molecule has 2 unspecified atom stereocenters. The van der Waals surface area contributed by atoms with Crippen LogP contribution in [-0.2, 0) is 11.2 Å². The van der Waals surface area contributed by atoms with Gasteiger partial charge in [-0.25, -0.2) is 0 Å². The fourth-order valence-electron chi connectivity index (χ4n) is 2.90. The van der Waals surface area contributed by atoms with Crippen molar-refractivity contribution in [3.05, 3.63) is 30.2 Å². The zero-order valence-corrected chi connectivity index (χ0v) is 15.8. The summed E-state index contributed by atoms with van der Waals surface area (Å²) >= 11 is 0. The molecule has 2 aromatic rings. The Morgan fingerprint density at radius 3 is 2.85 bits per heavy atom. The van der Waals surface area contributed by atoms with Gasteiger partial charge in [0.2, 0.25) is 17.6 Å². The molecule has 142 valence electrons. The van der Waals surface area contributed by atoms with Gasteiger partial charge in [-0.05, 0) is 43.1 Å². The monoisotopic (exact) mass is 380 g/mol. The smallest absolute Gasteiger partial charge is 0.227 e. The summed E-state index contributed by atoms with van der Waals surface area (Å²) in [7, 11) is 1.62. The van der Waals surface area contributed by atoms with E-state index in [4.69, 9.17) is 9.26 Å². The average molecular weight is 381 g/mol. The van der Waals surface area contributed by atoms with Crippen LogP contribution in [0.3, 0.4) is 0 Å². The summed E-state index contributed by atoms with van der Waals surface area (Å²) in [5.41, 5.74) is 0.849. The predicted octanol–water partition coefficient (Wildman–Crippen LogP) is 2.21. The third kappa shape index (κ3) is 5.19. The van der Waals surface area contributed by atoms with Gasteiger partial charge in [0.25, 0.3) is 0 Å². The predicted molar refractivity (Wildman–Crippen MR) is 100 cm³/mol. The van der Waals surface area contributed by atoms with Gasteiger partial charge < -0.3 is 19.9 Å². The lowest BCUT2D eigenvalue weighted by atomic mass is 9.95. The molecule has 0 saturated carbocycles. The second kappa shape index (κ2) is 9.54. The number of piperidine rings is 1. The van der Waals surface area contributed by atoms with Gasteiger partial charge in [-0.1, -0.05) is 12.1 Å². The molecule has 1 aromatic heterocycles.